The Hall–Kier alpha value is -0.570. The van der Waals surface area contributed by atoms with E-state index in [9.17, 15) is 4.79 Å². The summed E-state index contributed by atoms with van der Waals surface area (Å²) in [5.74, 6) is 0.355. The van der Waals surface area contributed by atoms with E-state index in [2.05, 4.69) is 0 Å². The van der Waals surface area contributed by atoms with Crippen LogP contribution < -0.4 is 5.73 Å². The number of nitrogens with two attached hydrogens (primary N) is 1. The predicted octanol–water partition coefficient (Wildman–Crippen LogP) is 1.31. The molecule has 3 nitrogen and oxygen atoms in total. The van der Waals surface area contributed by atoms with Crippen molar-refractivity contribution in [3.05, 3.63) is 0 Å². The van der Waals surface area contributed by atoms with Gasteiger partial charge in [0.15, 0.2) is 0 Å². The minimum absolute atomic E-state index is 0.0495. The van der Waals surface area contributed by atoms with Gasteiger partial charge in [0.25, 0.3) is 0 Å². The van der Waals surface area contributed by atoms with Gasteiger partial charge in [0.1, 0.15) is 0 Å². The van der Waals surface area contributed by atoms with Gasteiger partial charge in [-0.25, -0.2) is 0 Å². The average Bonchev–Trinajstić information content (AvgIpc) is 2.86. The Bertz CT molecular complexity index is 197. The van der Waals surface area contributed by atoms with Crippen molar-refractivity contribution in [3.8, 4) is 0 Å². The highest BCUT2D eigenvalue weighted by Gasteiger charge is 2.44. The molecule has 0 aromatic heterocycles. The monoisotopic (exact) mass is 185 g/mol. The molecule has 1 saturated carbocycles. The Kier molecular flexibility index (Phi) is 2.96. The van der Waals surface area contributed by atoms with Gasteiger partial charge in [-0.2, -0.15) is 0 Å². The third-order valence-corrected chi connectivity index (χ3v) is 2.76. The van der Waals surface area contributed by atoms with Crippen LogP contribution in [0.3, 0.4) is 0 Å². The number of hydrogen-bond acceptors (Lipinski definition) is 3. The second kappa shape index (κ2) is 3.66. The lowest BCUT2D eigenvalue weighted by molar-refractivity contribution is -0.154. The maximum absolute atomic E-state index is 11.5. The van der Waals surface area contributed by atoms with Crippen LogP contribution in [0, 0.1) is 11.3 Å². The molecule has 0 bridgehead atoms. The molecule has 13 heavy (non-hydrogen) atoms. The van der Waals surface area contributed by atoms with E-state index in [1.807, 2.05) is 20.8 Å². The van der Waals surface area contributed by atoms with Crippen LogP contribution >= 0.6 is 0 Å². The zero-order chi connectivity index (χ0) is 10.1. The molecule has 2 N–H and O–H groups in total. The van der Waals surface area contributed by atoms with Crippen molar-refractivity contribution >= 4 is 5.97 Å². The summed E-state index contributed by atoms with van der Waals surface area (Å²) in [6.45, 7) is 5.98. The average molecular weight is 185 g/mol. The van der Waals surface area contributed by atoms with Crippen LogP contribution in [0.4, 0.5) is 0 Å². The van der Waals surface area contributed by atoms with E-state index in [1.54, 1.807) is 0 Å². The highest BCUT2D eigenvalue weighted by atomic mass is 16.5. The maximum atomic E-state index is 11.5. The summed E-state index contributed by atoms with van der Waals surface area (Å²) >= 11 is 0. The van der Waals surface area contributed by atoms with Crippen LogP contribution in [0.15, 0.2) is 0 Å². The number of carbonyl (C=O) groups excluding carboxylic acids is 1. The summed E-state index contributed by atoms with van der Waals surface area (Å²) in [5, 5.41) is 0. The van der Waals surface area contributed by atoms with Gasteiger partial charge in [0, 0.05) is 6.04 Å². The fraction of sp³-hybridized carbons (Fsp3) is 0.900. The molecule has 0 aliphatic heterocycles. The molecule has 3 heteroatoms. The molecule has 0 aromatic rings. The lowest BCUT2D eigenvalue weighted by Crippen LogP contribution is -2.45. The van der Waals surface area contributed by atoms with Gasteiger partial charge in [0.2, 0.25) is 0 Å². The molecule has 1 fully saturated rings. The van der Waals surface area contributed by atoms with E-state index < -0.39 is 5.41 Å². The standard InChI is InChI=1S/C10H19NO2/c1-4-13-9(12)10(2,3)8(11)7-5-6-7/h7-8H,4-6,11H2,1-3H3. The fourth-order valence-corrected chi connectivity index (χ4v) is 1.50. The summed E-state index contributed by atoms with van der Waals surface area (Å²) in [7, 11) is 0. The lowest BCUT2D eigenvalue weighted by atomic mass is 9.82. The number of ether oxygens (including phenoxy) is 1. The Morgan fingerprint density at radius 1 is 1.62 bits per heavy atom. The van der Waals surface area contributed by atoms with E-state index in [0.717, 1.165) is 12.8 Å². The molecule has 0 heterocycles. The first-order chi connectivity index (χ1) is 6.00. The molecule has 1 aliphatic rings. The maximum Gasteiger partial charge on any atom is 0.313 e. The normalized spacial score (nSPS) is 19.7. The van der Waals surface area contributed by atoms with E-state index in [0.29, 0.717) is 12.5 Å². The van der Waals surface area contributed by atoms with Gasteiger partial charge in [-0.3, -0.25) is 4.79 Å². The minimum Gasteiger partial charge on any atom is -0.466 e. The van der Waals surface area contributed by atoms with Gasteiger partial charge >= 0.3 is 5.97 Å². The van der Waals surface area contributed by atoms with Crippen molar-refractivity contribution < 1.29 is 9.53 Å². The van der Waals surface area contributed by atoms with Crippen LogP contribution in [-0.4, -0.2) is 18.6 Å². The van der Waals surface area contributed by atoms with E-state index in [4.69, 9.17) is 10.5 Å². The largest absolute Gasteiger partial charge is 0.466 e. The molecule has 0 radical (unpaired) electrons. The molecule has 1 aliphatic carbocycles. The third-order valence-electron chi connectivity index (χ3n) is 2.76. The SMILES string of the molecule is CCOC(=O)C(C)(C)C(N)C1CC1. The first kappa shape index (κ1) is 10.5. The van der Waals surface area contributed by atoms with Gasteiger partial charge in [-0.1, -0.05) is 0 Å². The van der Waals surface area contributed by atoms with E-state index >= 15 is 0 Å². The Balaban J connectivity index is 2.56. The van der Waals surface area contributed by atoms with Crippen LogP contribution in [0.2, 0.25) is 0 Å². The predicted molar refractivity (Wildman–Crippen MR) is 51.1 cm³/mol. The summed E-state index contributed by atoms with van der Waals surface area (Å²) in [5.41, 5.74) is 5.46. The number of hydrogen-bond donors (Lipinski definition) is 1. The van der Waals surface area contributed by atoms with Gasteiger partial charge in [0.05, 0.1) is 12.0 Å². The summed E-state index contributed by atoms with van der Waals surface area (Å²) in [6.07, 6.45) is 2.31. The van der Waals surface area contributed by atoms with Crippen molar-refractivity contribution in [2.24, 2.45) is 17.1 Å². The van der Waals surface area contributed by atoms with Crippen LogP contribution in [0.1, 0.15) is 33.6 Å². The van der Waals surface area contributed by atoms with Crippen LogP contribution in [0.5, 0.6) is 0 Å². The number of carbonyl (C=O) groups is 1. The van der Waals surface area contributed by atoms with Crippen molar-refractivity contribution in [1.82, 2.24) is 0 Å². The molecule has 0 aromatic carbocycles. The van der Waals surface area contributed by atoms with E-state index in [-0.39, 0.29) is 12.0 Å². The van der Waals surface area contributed by atoms with Crippen molar-refractivity contribution in [2.75, 3.05) is 6.61 Å². The molecule has 0 amide bonds. The molecular formula is C10H19NO2. The van der Waals surface area contributed by atoms with Gasteiger partial charge in [-0.05, 0) is 39.5 Å². The van der Waals surface area contributed by atoms with Crippen molar-refractivity contribution in [1.29, 1.82) is 0 Å². The fourth-order valence-electron chi connectivity index (χ4n) is 1.50. The summed E-state index contributed by atoms with van der Waals surface area (Å²) in [6, 6.07) is -0.0495. The number of esters is 1. The van der Waals surface area contributed by atoms with Crippen LogP contribution in [-0.2, 0) is 9.53 Å². The van der Waals surface area contributed by atoms with Gasteiger partial charge < -0.3 is 10.5 Å². The highest BCUT2D eigenvalue weighted by molar-refractivity contribution is 5.77. The highest BCUT2D eigenvalue weighted by Crippen LogP contribution is 2.39. The Morgan fingerprint density at radius 2 is 2.15 bits per heavy atom. The van der Waals surface area contributed by atoms with Gasteiger partial charge in [-0.15, -0.1) is 0 Å². The first-order valence-electron chi connectivity index (χ1n) is 4.93. The molecule has 1 unspecified atom stereocenters. The summed E-state index contributed by atoms with van der Waals surface area (Å²) in [4.78, 5) is 11.5. The zero-order valence-electron chi connectivity index (χ0n) is 8.67. The molecule has 0 saturated heterocycles. The first-order valence-corrected chi connectivity index (χ1v) is 4.93. The minimum atomic E-state index is -0.531. The quantitative estimate of drug-likeness (QED) is 0.672. The third kappa shape index (κ3) is 2.21. The Morgan fingerprint density at radius 3 is 2.54 bits per heavy atom. The summed E-state index contributed by atoms with van der Waals surface area (Å²) < 4.78 is 4.99. The zero-order valence-corrected chi connectivity index (χ0v) is 8.67. The second-order valence-electron chi connectivity index (χ2n) is 4.31. The van der Waals surface area contributed by atoms with Crippen molar-refractivity contribution in [3.63, 3.8) is 0 Å². The number of rotatable bonds is 4. The Labute approximate surface area is 79.6 Å². The van der Waals surface area contributed by atoms with E-state index in [1.165, 1.54) is 0 Å². The van der Waals surface area contributed by atoms with Crippen molar-refractivity contribution in [2.45, 2.75) is 39.7 Å². The second-order valence-corrected chi connectivity index (χ2v) is 4.31. The smallest absolute Gasteiger partial charge is 0.313 e. The molecule has 1 atom stereocenters. The molecule has 76 valence electrons. The topological polar surface area (TPSA) is 52.3 Å². The van der Waals surface area contributed by atoms with Crippen LogP contribution in [0.25, 0.3) is 0 Å². The lowest BCUT2D eigenvalue weighted by Gasteiger charge is -2.29. The molecule has 0 spiro atoms. The molecular weight excluding hydrogens is 166 g/mol. The molecule has 1 rings (SSSR count).